The highest BCUT2D eigenvalue weighted by molar-refractivity contribution is 5.73. The summed E-state index contributed by atoms with van der Waals surface area (Å²) in [6.45, 7) is 10.7. The van der Waals surface area contributed by atoms with Gasteiger partial charge in [-0.25, -0.2) is 0 Å². The molecule has 1 aliphatic rings. The lowest BCUT2D eigenvalue weighted by atomic mass is 9.75. The molecule has 0 N–H and O–H groups in total. The van der Waals surface area contributed by atoms with E-state index in [4.69, 9.17) is 9.47 Å². The van der Waals surface area contributed by atoms with E-state index in [9.17, 15) is 9.59 Å². The minimum Gasteiger partial charge on any atom is -0.427 e. The Bertz CT molecular complexity index is 927. The van der Waals surface area contributed by atoms with Gasteiger partial charge in [-0.15, -0.1) is 0 Å². The number of hydrogen-bond acceptors (Lipinski definition) is 4. The second-order valence-corrected chi connectivity index (χ2v) is 9.07. The van der Waals surface area contributed by atoms with E-state index in [1.165, 1.54) is 11.1 Å². The summed E-state index contributed by atoms with van der Waals surface area (Å²) in [4.78, 5) is 23.8. The molecule has 0 fully saturated rings. The maximum absolute atomic E-state index is 12.0. The number of fused-ring (bicyclic) bond motifs is 1. The molecule has 1 aliphatic carbocycles. The molecular weight excluding hydrogens is 376 g/mol. The molecule has 0 aromatic heterocycles. The van der Waals surface area contributed by atoms with Gasteiger partial charge < -0.3 is 9.47 Å². The summed E-state index contributed by atoms with van der Waals surface area (Å²) in [5, 5.41) is 0. The molecule has 1 unspecified atom stereocenters. The molecule has 0 bridgehead atoms. The molecule has 0 aliphatic heterocycles. The highest BCUT2D eigenvalue weighted by Crippen LogP contribution is 2.53. The Morgan fingerprint density at radius 3 is 1.90 bits per heavy atom. The van der Waals surface area contributed by atoms with Crippen LogP contribution in [0.2, 0.25) is 0 Å². The van der Waals surface area contributed by atoms with Gasteiger partial charge in [-0.2, -0.15) is 0 Å². The zero-order valence-corrected chi connectivity index (χ0v) is 18.7. The van der Waals surface area contributed by atoms with Gasteiger partial charge in [0.2, 0.25) is 0 Å². The maximum Gasteiger partial charge on any atom is 0.311 e. The van der Waals surface area contributed by atoms with Crippen LogP contribution < -0.4 is 9.47 Å². The van der Waals surface area contributed by atoms with Gasteiger partial charge in [-0.05, 0) is 65.6 Å². The van der Waals surface area contributed by atoms with E-state index in [2.05, 4.69) is 26.8 Å². The highest BCUT2D eigenvalue weighted by Gasteiger charge is 2.45. The van der Waals surface area contributed by atoms with Crippen molar-refractivity contribution >= 4 is 11.9 Å². The van der Waals surface area contributed by atoms with Crippen LogP contribution in [0.5, 0.6) is 11.5 Å². The predicted molar refractivity (Wildman–Crippen MR) is 118 cm³/mol. The average Bonchev–Trinajstić information content (AvgIpc) is 2.89. The SMILES string of the molecule is CCCC(=O)Oc1ccc(C2(C)CC(C)(C)c3ccc(OC(=O)CCC)cc32)cc1. The van der Waals surface area contributed by atoms with Crippen LogP contribution in [-0.2, 0) is 20.4 Å². The van der Waals surface area contributed by atoms with E-state index in [0.717, 1.165) is 24.8 Å². The molecule has 0 radical (unpaired) electrons. The minimum absolute atomic E-state index is 0.00229. The molecule has 0 saturated carbocycles. The van der Waals surface area contributed by atoms with Crippen molar-refractivity contribution in [1.29, 1.82) is 0 Å². The third-order valence-corrected chi connectivity index (χ3v) is 5.97. The molecule has 0 saturated heterocycles. The second kappa shape index (κ2) is 8.63. The molecule has 160 valence electrons. The fourth-order valence-corrected chi connectivity index (χ4v) is 4.63. The van der Waals surface area contributed by atoms with Crippen molar-refractivity contribution in [2.45, 2.75) is 77.6 Å². The largest absolute Gasteiger partial charge is 0.427 e. The van der Waals surface area contributed by atoms with Crippen LogP contribution in [0.25, 0.3) is 0 Å². The van der Waals surface area contributed by atoms with Gasteiger partial charge in [0.25, 0.3) is 0 Å². The van der Waals surface area contributed by atoms with Gasteiger partial charge in [-0.3, -0.25) is 9.59 Å². The molecule has 0 heterocycles. The van der Waals surface area contributed by atoms with Crippen LogP contribution in [0.15, 0.2) is 42.5 Å². The Morgan fingerprint density at radius 1 is 0.800 bits per heavy atom. The summed E-state index contributed by atoms with van der Waals surface area (Å²) in [6.07, 6.45) is 3.31. The lowest BCUT2D eigenvalue weighted by Crippen LogP contribution is -2.23. The molecule has 4 heteroatoms. The maximum atomic E-state index is 12.0. The summed E-state index contributed by atoms with van der Waals surface area (Å²) in [5.74, 6) is 0.763. The number of carbonyl (C=O) groups is 2. The molecule has 30 heavy (non-hydrogen) atoms. The van der Waals surface area contributed by atoms with Gasteiger partial charge in [0.15, 0.2) is 0 Å². The number of benzene rings is 2. The summed E-state index contributed by atoms with van der Waals surface area (Å²) in [7, 11) is 0. The Morgan fingerprint density at radius 2 is 1.33 bits per heavy atom. The quantitative estimate of drug-likeness (QED) is 0.411. The number of carbonyl (C=O) groups excluding carboxylic acids is 2. The van der Waals surface area contributed by atoms with E-state index < -0.39 is 0 Å². The first kappa shape index (κ1) is 22.1. The first-order valence-corrected chi connectivity index (χ1v) is 10.9. The molecule has 0 amide bonds. The number of esters is 2. The van der Waals surface area contributed by atoms with E-state index in [0.29, 0.717) is 24.3 Å². The van der Waals surface area contributed by atoms with E-state index in [1.54, 1.807) is 0 Å². The van der Waals surface area contributed by atoms with Crippen molar-refractivity contribution in [3.8, 4) is 11.5 Å². The summed E-state index contributed by atoms with van der Waals surface area (Å²) in [6, 6.07) is 13.8. The van der Waals surface area contributed by atoms with Crippen molar-refractivity contribution in [1.82, 2.24) is 0 Å². The third-order valence-electron chi connectivity index (χ3n) is 5.97. The molecule has 3 rings (SSSR count). The Kier molecular flexibility index (Phi) is 6.35. The fourth-order valence-electron chi connectivity index (χ4n) is 4.63. The molecule has 1 atom stereocenters. The standard InChI is InChI=1S/C26H32O4/c1-6-8-23(27)29-19-12-10-18(11-13-19)26(5)17-25(3,4)21-15-14-20(16-22(21)26)30-24(28)9-7-2/h10-16H,6-9,17H2,1-5H3. The Balaban J connectivity index is 1.92. The van der Waals surface area contributed by atoms with Crippen molar-refractivity contribution in [2.75, 3.05) is 0 Å². The van der Waals surface area contributed by atoms with Gasteiger partial charge in [-0.1, -0.05) is 52.8 Å². The Hall–Kier alpha value is -2.62. The molecule has 4 nitrogen and oxygen atoms in total. The van der Waals surface area contributed by atoms with E-state index in [-0.39, 0.29) is 22.8 Å². The van der Waals surface area contributed by atoms with Crippen LogP contribution in [0, 0.1) is 0 Å². The second-order valence-electron chi connectivity index (χ2n) is 9.07. The van der Waals surface area contributed by atoms with Crippen molar-refractivity contribution in [2.24, 2.45) is 0 Å². The Labute approximate surface area is 179 Å². The van der Waals surface area contributed by atoms with Crippen LogP contribution in [0.4, 0.5) is 0 Å². The number of rotatable bonds is 7. The molecule has 0 spiro atoms. The van der Waals surface area contributed by atoms with Gasteiger partial charge >= 0.3 is 11.9 Å². The van der Waals surface area contributed by atoms with Crippen molar-refractivity contribution in [3.63, 3.8) is 0 Å². The predicted octanol–water partition coefficient (Wildman–Crippen LogP) is 6.08. The zero-order chi connectivity index (χ0) is 21.9. The number of ether oxygens (including phenoxy) is 2. The van der Waals surface area contributed by atoms with Crippen LogP contribution in [0.3, 0.4) is 0 Å². The van der Waals surface area contributed by atoms with Crippen LogP contribution in [0.1, 0.15) is 83.4 Å². The van der Waals surface area contributed by atoms with E-state index >= 15 is 0 Å². The summed E-state index contributed by atoms with van der Waals surface area (Å²) in [5.41, 5.74) is 3.39. The lowest BCUT2D eigenvalue weighted by Gasteiger charge is -2.28. The lowest BCUT2D eigenvalue weighted by molar-refractivity contribution is -0.135. The molecule has 2 aromatic rings. The van der Waals surface area contributed by atoms with Crippen LogP contribution in [-0.4, -0.2) is 11.9 Å². The topological polar surface area (TPSA) is 52.6 Å². The third kappa shape index (κ3) is 4.43. The van der Waals surface area contributed by atoms with Crippen molar-refractivity contribution in [3.05, 3.63) is 59.2 Å². The smallest absolute Gasteiger partial charge is 0.311 e. The van der Waals surface area contributed by atoms with Crippen molar-refractivity contribution < 1.29 is 19.1 Å². The first-order chi connectivity index (χ1) is 14.2. The highest BCUT2D eigenvalue weighted by atomic mass is 16.5. The minimum atomic E-state index is -0.224. The number of hydrogen-bond donors (Lipinski definition) is 0. The zero-order valence-electron chi connectivity index (χ0n) is 18.7. The van der Waals surface area contributed by atoms with Gasteiger partial charge in [0.1, 0.15) is 11.5 Å². The monoisotopic (exact) mass is 408 g/mol. The van der Waals surface area contributed by atoms with E-state index in [1.807, 2.05) is 50.2 Å². The molecular formula is C26H32O4. The molecule has 2 aromatic carbocycles. The van der Waals surface area contributed by atoms with Crippen LogP contribution >= 0.6 is 0 Å². The first-order valence-electron chi connectivity index (χ1n) is 10.9. The summed E-state index contributed by atoms with van der Waals surface area (Å²) >= 11 is 0. The average molecular weight is 409 g/mol. The summed E-state index contributed by atoms with van der Waals surface area (Å²) < 4.78 is 11.0. The fraction of sp³-hybridized carbons (Fsp3) is 0.462. The van der Waals surface area contributed by atoms with Gasteiger partial charge in [0.05, 0.1) is 0 Å². The van der Waals surface area contributed by atoms with Gasteiger partial charge in [0, 0.05) is 18.3 Å². The normalized spacial score (nSPS) is 19.2.